The van der Waals surface area contributed by atoms with Crippen molar-refractivity contribution in [2.75, 3.05) is 32.8 Å². The third-order valence-electron chi connectivity index (χ3n) is 6.23. The highest BCUT2D eigenvalue weighted by Crippen LogP contribution is 2.40. The summed E-state index contributed by atoms with van der Waals surface area (Å²) in [6, 6.07) is 14.0. The zero-order chi connectivity index (χ0) is 18.9. The summed E-state index contributed by atoms with van der Waals surface area (Å²) < 4.78 is 0. The molecule has 2 aromatic rings. The van der Waals surface area contributed by atoms with E-state index in [0.29, 0.717) is 19.5 Å². The summed E-state index contributed by atoms with van der Waals surface area (Å²) in [7, 11) is 0. The zero-order valence-electron chi connectivity index (χ0n) is 15.6. The van der Waals surface area contributed by atoms with Gasteiger partial charge in [0, 0.05) is 38.2 Å². The van der Waals surface area contributed by atoms with Crippen molar-refractivity contribution in [2.45, 2.75) is 25.7 Å². The first-order chi connectivity index (χ1) is 13.1. The van der Waals surface area contributed by atoms with Crippen LogP contribution in [0, 0.1) is 5.41 Å². The summed E-state index contributed by atoms with van der Waals surface area (Å²) in [6.07, 6.45) is 3.29. The molecular weight excluding hydrogens is 340 g/mol. The summed E-state index contributed by atoms with van der Waals surface area (Å²) >= 11 is 0. The Balaban J connectivity index is 1.43. The molecule has 1 spiro atoms. The zero-order valence-corrected chi connectivity index (χ0v) is 15.6. The lowest BCUT2D eigenvalue weighted by Gasteiger charge is -2.47. The van der Waals surface area contributed by atoms with E-state index < -0.39 is 0 Å². The summed E-state index contributed by atoms with van der Waals surface area (Å²) in [5.74, 6) is 0.235. The van der Waals surface area contributed by atoms with Crippen molar-refractivity contribution < 1.29 is 14.7 Å². The lowest BCUT2D eigenvalue weighted by Crippen LogP contribution is -2.52. The summed E-state index contributed by atoms with van der Waals surface area (Å²) in [5.41, 5.74) is 0.842. The average molecular weight is 366 g/mol. The molecule has 0 atom stereocenters. The standard InChI is InChI=1S/C22H26N2O3/c25-14-13-24-16-22(8-7-20(24)26)9-11-23(12-10-22)21(27)19-6-5-17-3-1-2-4-18(17)15-19/h1-6,15,25H,7-14,16H2. The number of aliphatic hydroxyl groups excluding tert-OH is 1. The van der Waals surface area contributed by atoms with E-state index in [1.54, 1.807) is 4.90 Å². The van der Waals surface area contributed by atoms with Crippen LogP contribution in [0.25, 0.3) is 10.8 Å². The molecule has 142 valence electrons. The number of nitrogens with zero attached hydrogens (tertiary/aromatic N) is 2. The Kier molecular flexibility index (Phi) is 4.87. The summed E-state index contributed by atoms with van der Waals surface area (Å²) in [6.45, 7) is 2.60. The first-order valence-corrected chi connectivity index (χ1v) is 9.77. The number of benzene rings is 2. The van der Waals surface area contributed by atoms with Crippen LogP contribution in [0.15, 0.2) is 42.5 Å². The minimum absolute atomic E-state index is 0.00833. The van der Waals surface area contributed by atoms with Crippen LogP contribution in [0.4, 0.5) is 0 Å². The molecule has 2 fully saturated rings. The molecule has 5 nitrogen and oxygen atoms in total. The van der Waals surface area contributed by atoms with E-state index in [1.165, 1.54) is 0 Å². The van der Waals surface area contributed by atoms with Gasteiger partial charge in [0.25, 0.3) is 5.91 Å². The Labute approximate surface area is 159 Å². The van der Waals surface area contributed by atoms with Gasteiger partial charge in [-0.3, -0.25) is 9.59 Å². The Hall–Kier alpha value is -2.40. The normalized spacial score (nSPS) is 19.7. The molecule has 1 N–H and O–H groups in total. The molecule has 0 unspecified atom stereocenters. The first-order valence-electron chi connectivity index (χ1n) is 9.77. The molecule has 0 aliphatic carbocycles. The van der Waals surface area contributed by atoms with Crippen LogP contribution in [-0.2, 0) is 4.79 Å². The van der Waals surface area contributed by atoms with Gasteiger partial charge in [0.1, 0.15) is 0 Å². The van der Waals surface area contributed by atoms with Gasteiger partial charge in [-0.25, -0.2) is 0 Å². The van der Waals surface area contributed by atoms with Crippen LogP contribution in [-0.4, -0.2) is 59.5 Å². The molecule has 2 aromatic carbocycles. The monoisotopic (exact) mass is 366 g/mol. The van der Waals surface area contributed by atoms with Gasteiger partial charge in [0.05, 0.1) is 6.61 Å². The Morgan fingerprint density at radius 3 is 2.52 bits per heavy atom. The Morgan fingerprint density at radius 2 is 1.78 bits per heavy atom. The average Bonchev–Trinajstić information content (AvgIpc) is 2.71. The van der Waals surface area contributed by atoms with Gasteiger partial charge in [-0.2, -0.15) is 0 Å². The maximum atomic E-state index is 13.0. The number of rotatable bonds is 3. The van der Waals surface area contributed by atoms with Crippen LogP contribution >= 0.6 is 0 Å². The lowest BCUT2D eigenvalue weighted by atomic mass is 9.72. The van der Waals surface area contributed by atoms with Crippen molar-refractivity contribution in [3.8, 4) is 0 Å². The molecule has 0 aromatic heterocycles. The molecule has 0 saturated carbocycles. The van der Waals surface area contributed by atoms with E-state index >= 15 is 0 Å². The second-order valence-corrected chi connectivity index (χ2v) is 7.89. The number of carbonyl (C=O) groups is 2. The predicted molar refractivity (Wildman–Crippen MR) is 104 cm³/mol. The number of β-amino-alcohol motifs (C(OH)–C–C–N with tert-alkyl or cyclic N) is 1. The van der Waals surface area contributed by atoms with Crippen LogP contribution in [0.5, 0.6) is 0 Å². The van der Waals surface area contributed by atoms with Gasteiger partial charge < -0.3 is 14.9 Å². The lowest BCUT2D eigenvalue weighted by molar-refractivity contribution is -0.139. The van der Waals surface area contributed by atoms with Gasteiger partial charge in [-0.05, 0) is 47.6 Å². The molecule has 2 saturated heterocycles. The maximum Gasteiger partial charge on any atom is 0.253 e. The Morgan fingerprint density at radius 1 is 1.04 bits per heavy atom. The molecule has 2 heterocycles. The number of carbonyl (C=O) groups excluding carboxylic acids is 2. The smallest absolute Gasteiger partial charge is 0.253 e. The Bertz CT molecular complexity index is 856. The van der Waals surface area contributed by atoms with Crippen LogP contribution in [0.1, 0.15) is 36.0 Å². The highest BCUT2D eigenvalue weighted by atomic mass is 16.3. The minimum atomic E-state index is 0.00833. The molecule has 0 radical (unpaired) electrons. The van der Waals surface area contributed by atoms with Crippen molar-refractivity contribution in [1.82, 2.24) is 9.80 Å². The SMILES string of the molecule is O=C1CCC2(CCN(C(=O)c3ccc4ccccc4c3)CC2)CN1CCO. The number of amides is 2. The fourth-order valence-electron chi connectivity index (χ4n) is 4.52. The molecular formula is C22H26N2O3. The number of likely N-dealkylation sites (tertiary alicyclic amines) is 2. The topological polar surface area (TPSA) is 60.9 Å². The molecule has 5 heteroatoms. The van der Waals surface area contributed by atoms with Crippen LogP contribution in [0.2, 0.25) is 0 Å². The van der Waals surface area contributed by atoms with Gasteiger partial charge in [-0.1, -0.05) is 30.3 Å². The van der Waals surface area contributed by atoms with Crippen molar-refractivity contribution in [2.24, 2.45) is 5.41 Å². The number of aliphatic hydroxyl groups is 1. The molecule has 2 aliphatic rings. The molecule has 27 heavy (non-hydrogen) atoms. The van der Waals surface area contributed by atoms with E-state index in [2.05, 4.69) is 6.07 Å². The second kappa shape index (κ2) is 7.31. The molecule has 4 rings (SSSR count). The fourth-order valence-corrected chi connectivity index (χ4v) is 4.52. The highest BCUT2D eigenvalue weighted by Gasteiger charge is 2.41. The minimum Gasteiger partial charge on any atom is -0.395 e. The van der Waals surface area contributed by atoms with Crippen molar-refractivity contribution >= 4 is 22.6 Å². The van der Waals surface area contributed by atoms with E-state index in [9.17, 15) is 14.7 Å². The highest BCUT2D eigenvalue weighted by molar-refractivity contribution is 5.98. The van der Waals surface area contributed by atoms with Gasteiger partial charge in [-0.15, -0.1) is 0 Å². The quantitative estimate of drug-likeness (QED) is 0.909. The van der Waals surface area contributed by atoms with Crippen LogP contribution in [0.3, 0.4) is 0 Å². The third kappa shape index (κ3) is 3.56. The molecule has 0 bridgehead atoms. The number of hydrogen-bond acceptors (Lipinski definition) is 3. The second-order valence-electron chi connectivity index (χ2n) is 7.89. The first kappa shape index (κ1) is 18.0. The molecule has 2 aliphatic heterocycles. The van der Waals surface area contributed by atoms with Crippen LogP contribution < -0.4 is 0 Å². The van der Waals surface area contributed by atoms with E-state index in [0.717, 1.165) is 48.7 Å². The van der Waals surface area contributed by atoms with Gasteiger partial charge in [0.15, 0.2) is 0 Å². The number of hydrogen-bond donors (Lipinski definition) is 1. The predicted octanol–water partition coefficient (Wildman–Crippen LogP) is 2.68. The molecule has 2 amide bonds. The number of piperidine rings is 2. The van der Waals surface area contributed by atoms with Crippen molar-refractivity contribution in [1.29, 1.82) is 0 Å². The largest absolute Gasteiger partial charge is 0.395 e. The number of fused-ring (bicyclic) bond motifs is 1. The maximum absolute atomic E-state index is 13.0. The third-order valence-corrected chi connectivity index (χ3v) is 6.23. The van der Waals surface area contributed by atoms with E-state index in [4.69, 9.17) is 0 Å². The summed E-state index contributed by atoms with van der Waals surface area (Å²) in [5, 5.41) is 11.4. The van der Waals surface area contributed by atoms with Gasteiger partial charge in [0.2, 0.25) is 5.91 Å². The van der Waals surface area contributed by atoms with Gasteiger partial charge >= 0.3 is 0 Å². The fraction of sp³-hybridized carbons (Fsp3) is 0.455. The van der Waals surface area contributed by atoms with E-state index in [-0.39, 0.29) is 23.8 Å². The van der Waals surface area contributed by atoms with E-state index in [1.807, 2.05) is 41.3 Å². The summed E-state index contributed by atoms with van der Waals surface area (Å²) in [4.78, 5) is 28.7. The van der Waals surface area contributed by atoms with Crippen molar-refractivity contribution in [3.63, 3.8) is 0 Å². The van der Waals surface area contributed by atoms with Crippen molar-refractivity contribution in [3.05, 3.63) is 48.0 Å².